The van der Waals surface area contributed by atoms with E-state index in [-0.39, 0.29) is 12.4 Å². The molecular formula is C20H20FN3O. The van der Waals surface area contributed by atoms with E-state index in [1.165, 1.54) is 0 Å². The number of nitrogens with zero attached hydrogens (tertiary/aromatic N) is 2. The lowest BCUT2D eigenvalue weighted by atomic mass is 9.99. The molecule has 4 nitrogen and oxygen atoms in total. The summed E-state index contributed by atoms with van der Waals surface area (Å²) in [6.45, 7) is 3.63. The predicted octanol–water partition coefficient (Wildman–Crippen LogP) is 4.13. The van der Waals surface area contributed by atoms with Crippen LogP contribution in [0.15, 0.2) is 60.9 Å². The van der Waals surface area contributed by atoms with Gasteiger partial charge < -0.3 is 10.4 Å². The highest BCUT2D eigenvalue weighted by atomic mass is 19.1. The largest absolute Gasteiger partial charge is 0.394 e. The summed E-state index contributed by atoms with van der Waals surface area (Å²) in [4.78, 5) is 8.46. The molecule has 0 radical (unpaired) electrons. The third-order valence-corrected chi connectivity index (χ3v) is 3.89. The fourth-order valence-corrected chi connectivity index (χ4v) is 2.47. The Morgan fingerprint density at radius 3 is 2.12 bits per heavy atom. The molecule has 0 atom stereocenters. The molecule has 0 unspecified atom stereocenters. The second-order valence-corrected chi connectivity index (χ2v) is 6.50. The number of hydrogen-bond donors (Lipinski definition) is 2. The van der Waals surface area contributed by atoms with Gasteiger partial charge in [-0.1, -0.05) is 48.5 Å². The highest BCUT2D eigenvalue weighted by Gasteiger charge is 2.17. The first-order valence-corrected chi connectivity index (χ1v) is 8.05. The van der Waals surface area contributed by atoms with E-state index < -0.39 is 5.54 Å². The molecule has 3 rings (SSSR count). The quantitative estimate of drug-likeness (QED) is 0.735. The molecular weight excluding hydrogens is 317 g/mol. The van der Waals surface area contributed by atoms with E-state index in [1.807, 2.05) is 50.2 Å². The molecule has 0 amide bonds. The van der Waals surface area contributed by atoms with Crippen LogP contribution >= 0.6 is 0 Å². The number of aliphatic hydroxyl groups excluding tert-OH is 1. The summed E-state index contributed by atoms with van der Waals surface area (Å²) >= 11 is 0. The van der Waals surface area contributed by atoms with E-state index in [0.717, 1.165) is 5.56 Å². The van der Waals surface area contributed by atoms with E-state index in [4.69, 9.17) is 0 Å². The van der Waals surface area contributed by atoms with Crippen molar-refractivity contribution in [3.8, 4) is 22.3 Å². The lowest BCUT2D eigenvalue weighted by molar-refractivity contribution is 0.233. The minimum Gasteiger partial charge on any atom is -0.394 e. The van der Waals surface area contributed by atoms with E-state index in [9.17, 15) is 9.50 Å². The molecule has 128 valence electrons. The Kier molecular flexibility index (Phi) is 4.76. The SMILES string of the molecule is CC(C)(CO)Nc1ncc(-c2cccc(-c3ccccc3)c2F)cn1. The standard InChI is InChI=1S/C20H20FN3O/c1-20(2,13-25)24-19-22-11-15(12-23-19)17-10-6-9-16(18(17)21)14-7-4-3-5-8-14/h3-12,25H,13H2,1-2H3,(H,22,23,24). The van der Waals surface area contributed by atoms with Crippen LogP contribution in [0.3, 0.4) is 0 Å². The zero-order valence-corrected chi connectivity index (χ0v) is 14.2. The summed E-state index contributed by atoms with van der Waals surface area (Å²) < 4.78 is 15.0. The lowest BCUT2D eigenvalue weighted by Crippen LogP contribution is -2.35. The van der Waals surface area contributed by atoms with Crippen molar-refractivity contribution < 1.29 is 9.50 Å². The number of nitrogens with one attached hydrogen (secondary N) is 1. The molecule has 0 saturated carbocycles. The molecule has 25 heavy (non-hydrogen) atoms. The monoisotopic (exact) mass is 337 g/mol. The summed E-state index contributed by atoms with van der Waals surface area (Å²) in [6.07, 6.45) is 3.16. The minimum atomic E-state index is -0.528. The third kappa shape index (κ3) is 3.83. The highest BCUT2D eigenvalue weighted by molar-refractivity contribution is 5.73. The Balaban J connectivity index is 1.92. The number of halogens is 1. The van der Waals surface area contributed by atoms with Crippen LogP contribution in [0.4, 0.5) is 10.3 Å². The summed E-state index contributed by atoms with van der Waals surface area (Å²) in [7, 11) is 0. The summed E-state index contributed by atoms with van der Waals surface area (Å²) in [5.74, 6) is 0.0936. The van der Waals surface area contributed by atoms with Crippen molar-refractivity contribution in [3.63, 3.8) is 0 Å². The molecule has 0 saturated heterocycles. The molecule has 2 N–H and O–H groups in total. The zero-order chi connectivity index (χ0) is 17.9. The average molecular weight is 337 g/mol. The van der Waals surface area contributed by atoms with Crippen molar-refractivity contribution >= 4 is 5.95 Å². The first kappa shape index (κ1) is 17.0. The van der Waals surface area contributed by atoms with Crippen LogP contribution in [0, 0.1) is 5.82 Å². The van der Waals surface area contributed by atoms with E-state index in [1.54, 1.807) is 24.5 Å². The molecule has 0 aliphatic rings. The van der Waals surface area contributed by atoms with Gasteiger partial charge >= 0.3 is 0 Å². The highest BCUT2D eigenvalue weighted by Crippen LogP contribution is 2.30. The molecule has 2 aromatic carbocycles. The maximum atomic E-state index is 15.0. The molecule has 0 spiro atoms. The van der Waals surface area contributed by atoms with E-state index >= 15 is 0 Å². The third-order valence-electron chi connectivity index (χ3n) is 3.89. The summed E-state index contributed by atoms with van der Waals surface area (Å²) in [6, 6.07) is 14.7. The van der Waals surface area contributed by atoms with Gasteiger partial charge in [0.15, 0.2) is 0 Å². The second kappa shape index (κ2) is 6.99. The lowest BCUT2D eigenvalue weighted by Gasteiger charge is -2.23. The van der Waals surface area contributed by atoms with Crippen molar-refractivity contribution in [2.24, 2.45) is 0 Å². The van der Waals surface area contributed by atoms with Gasteiger partial charge in [0.25, 0.3) is 0 Å². The van der Waals surface area contributed by atoms with Crippen molar-refractivity contribution in [2.45, 2.75) is 19.4 Å². The van der Waals surface area contributed by atoms with E-state index in [0.29, 0.717) is 22.6 Å². The van der Waals surface area contributed by atoms with Crippen LogP contribution in [-0.2, 0) is 0 Å². The van der Waals surface area contributed by atoms with Gasteiger partial charge in [-0.15, -0.1) is 0 Å². The van der Waals surface area contributed by atoms with E-state index in [2.05, 4.69) is 15.3 Å². The molecule has 0 fully saturated rings. The topological polar surface area (TPSA) is 58.0 Å². The van der Waals surface area contributed by atoms with Gasteiger partial charge in [0, 0.05) is 29.1 Å². The minimum absolute atomic E-state index is 0.0497. The Labute approximate surface area is 146 Å². The van der Waals surface area contributed by atoms with Crippen LogP contribution in [0.2, 0.25) is 0 Å². The first-order chi connectivity index (χ1) is 12.0. The number of benzene rings is 2. The van der Waals surface area contributed by atoms with Gasteiger partial charge in [-0.2, -0.15) is 0 Å². The fraction of sp³-hybridized carbons (Fsp3) is 0.200. The predicted molar refractivity (Wildman–Crippen MR) is 97.6 cm³/mol. The van der Waals surface area contributed by atoms with Gasteiger partial charge in [-0.25, -0.2) is 14.4 Å². The zero-order valence-electron chi connectivity index (χ0n) is 14.2. The normalized spacial score (nSPS) is 11.4. The van der Waals surface area contributed by atoms with Gasteiger partial charge in [-0.05, 0) is 19.4 Å². The fourth-order valence-electron chi connectivity index (χ4n) is 2.47. The maximum absolute atomic E-state index is 15.0. The average Bonchev–Trinajstić information content (AvgIpc) is 2.63. The van der Waals surface area contributed by atoms with Gasteiger partial charge in [-0.3, -0.25) is 0 Å². The number of aliphatic hydroxyl groups is 1. The van der Waals surface area contributed by atoms with Crippen LogP contribution in [-0.4, -0.2) is 27.2 Å². The van der Waals surface area contributed by atoms with Crippen LogP contribution < -0.4 is 5.32 Å². The van der Waals surface area contributed by atoms with Crippen LogP contribution in [0.1, 0.15) is 13.8 Å². The Morgan fingerprint density at radius 1 is 0.920 bits per heavy atom. The number of hydrogen-bond acceptors (Lipinski definition) is 4. The Hall–Kier alpha value is -2.79. The summed E-state index contributed by atoms with van der Waals surface area (Å²) in [5, 5.41) is 12.3. The first-order valence-electron chi connectivity index (χ1n) is 8.05. The van der Waals surface area contributed by atoms with Crippen LogP contribution in [0.5, 0.6) is 0 Å². The van der Waals surface area contributed by atoms with Crippen molar-refractivity contribution in [1.82, 2.24) is 9.97 Å². The maximum Gasteiger partial charge on any atom is 0.223 e. The molecule has 3 aromatic rings. The molecule has 0 bridgehead atoms. The van der Waals surface area contributed by atoms with Crippen molar-refractivity contribution in [3.05, 3.63) is 66.7 Å². The number of aromatic nitrogens is 2. The smallest absolute Gasteiger partial charge is 0.223 e. The molecule has 1 heterocycles. The van der Waals surface area contributed by atoms with Gasteiger partial charge in [0.05, 0.1) is 12.1 Å². The van der Waals surface area contributed by atoms with Gasteiger partial charge in [0.1, 0.15) is 5.82 Å². The second-order valence-electron chi connectivity index (χ2n) is 6.50. The number of rotatable bonds is 5. The van der Waals surface area contributed by atoms with Crippen LogP contribution in [0.25, 0.3) is 22.3 Å². The Morgan fingerprint density at radius 2 is 1.52 bits per heavy atom. The van der Waals surface area contributed by atoms with Crippen molar-refractivity contribution in [1.29, 1.82) is 0 Å². The van der Waals surface area contributed by atoms with Gasteiger partial charge in [0.2, 0.25) is 5.95 Å². The van der Waals surface area contributed by atoms with Crippen molar-refractivity contribution in [2.75, 3.05) is 11.9 Å². The molecule has 1 aromatic heterocycles. The Bertz CT molecular complexity index is 849. The molecule has 0 aliphatic heterocycles. The molecule has 5 heteroatoms. The number of anilines is 1. The summed E-state index contributed by atoms with van der Waals surface area (Å²) in [5.41, 5.74) is 1.89. The molecule has 0 aliphatic carbocycles.